The van der Waals surface area contributed by atoms with Gasteiger partial charge in [0.2, 0.25) is 0 Å². The van der Waals surface area contributed by atoms with Gasteiger partial charge in [-0.2, -0.15) is 0 Å². The van der Waals surface area contributed by atoms with Crippen LogP contribution in [0.15, 0.2) is 0 Å². The minimum atomic E-state index is -0.509. The van der Waals surface area contributed by atoms with Gasteiger partial charge in [-0.3, -0.25) is 4.79 Å². The summed E-state index contributed by atoms with van der Waals surface area (Å²) in [5.74, 6) is -0.509. The van der Waals surface area contributed by atoms with Gasteiger partial charge >= 0.3 is 5.97 Å². The highest BCUT2D eigenvalue weighted by Gasteiger charge is 1.80. The second kappa shape index (κ2) is 2.28. The van der Waals surface area contributed by atoms with Crippen LogP contribution >= 0.6 is 0 Å². The van der Waals surface area contributed by atoms with Crippen molar-refractivity contribution in [1.82, 2.24) is 0 Å². The molecule has 2 heteroatoms. The molecule has 0 unspecified atom stereocenters. The van der Waals surface area contributed by atoms with E-state index in [-0.39, 0.29) is 0 Å². The van der Waals surface area contributed by atoms with Crippen molar-refractivity contribution in [1.29, 1.82) is 0 Å². The van der Waals surface area contributed by atoms with Crippen molar-refractivity contribution >= 4 is 5.97 Å². The van der Waals surface area contributed by atoms with Gasteiger partial charge in [0.25, 0.3) is 0 Å². The Labute approximate surface area is 36.1 Å². The lowest BCUT2D eigenvalue weighted by Gasteiger charge is -1.77. The molecule has 0 spiro atoms. The van der Waals surface area contributed by atoms with Gasteiger partial charge in [0, 0.05) is 13.3 Å². The van der Waals surface area contributed by atoms with Crippen LogP contribution in [0.1, 0.15) is 6.92 Å². The summed E-state index contributed by atoms with van der Waals surface area (Å²) in [7, 11) is 0. The molecule has 0 aliphatic heterocycles. The molecule has 0 atom stereocenters. The topological polar surface area (TPSA) is 26.3 Å². The van der Waals surface area contributed by atoms with Crippen LogP contribution in [0.25, 0.3) is 0 Å². The fourth-order valence-corrected chi connectivity index (χ4v) is 0.0719. The number of rotatable bonds is 0. The Kier molecular flexibility index (Phi) is 1.91. The molecular weight excluding hydrogens is 80.0 g/mol. The predicted octanol–water partition coefficient (Wildman–Crippen LogP) is 0.0968. The van der Waals surface area contributed by atoms with Gasteiger partial charge in [-0.05, 0) is 0 Å². The second-order valence-corrected chi connectivity index (χ2v) is 0.696. The van der Waals surface area contributed by atoms with E-state index >= 15 is 0 Å². The zero-order valence-electron chi connectivity index (χ0n) is 3.32. The van der Waals surface area contributed by atoms with Crippen molar-refractivity contribution in [3.63, 3.8) is 0 Å². The van der Waals surface area contributed by atoms with Crippen molar-refractivity contribution in [3.05, 3.63) is 6.42 Å². The number of hydrogen-bond acceptors (Lipinski definition) is 2. The molecule has 0 bridgehead atoms. The van der Waals surface area contributed by atoms with Crippen LogP contribution < -0.4 is 0 Å². The van der Waals surface area contributed by atoms with Crippen LogP contribution in [0.5, 0.6) is 0 Å². The van der Waals surface area contributed by atoms with Crippen LogP contribution in [0, 0.1) is 12.5 Å². The highest BCUT2D eigenvalue weighted by Crippen LogP contribution is 1.65. The summed E-state index contributed by atoms with van der Waals surface area (Å²) in [6.45, 7) is 1.21. The summed E-state index contributed by atoms with van der Waals surface area (Å²) >= 11 is 0. The smallest absolute Gasteiger partial charge is 0.316 e. The maximum Gasteiger partial charge on any atom is 0.316 e. The van der Waals surface area contributed by atoms with Crippen LogP contribution in [-0.2, 0) is 9.53 Å². The van der Waals surface area contributed by atoms with Crippen LogP contribution in [0.2, 0.25) is 0 Å². The standard InChI is InChI=1S/C4H3O2/c1-3-6-4(2)5/h2H3. The fraction of sp³-hybridized carbons (Fsp3) is 0.250. The summed E-state index contributed by atoms with van der Waals surface area (Å²) in [5.41, 5.74) is 0. The van der Waals surface area contributed by atoms with E-state index in [1.54, 1.807) is 0 Å². The monoisotopic (exact) mass is 83.0 g/mol. The molecule has 0 amide bonds. The summed E-state index contributed by atoms with van der Waals surface area (Å²) in [4.78, 5) is 9.64. The quantitative estimate of drug-likeness (QED) is 0.306. The lowest BCUT2D eigenvalue weighted by atomic mass is 10.8. The van der Waals surface area contributed by atoms with Gasteiger partial charge in [0.1, 0.15) is 6.11 Å². The van der Waals surface area contributed by atoms with Gasteiger partial charge in [-0.1, -0.05) is 0 Å². The Hall–Kier alpha value is -0.970. The second-order valence-electron chi connectivity index (χ2n) is 0.696. The van der Waals surface area contributed by atoms with E-state index in [9.17, 15) is 4.79 Å². The number of ether oxygens (including phenoxy) is 1. The SMILES string of the molecule is [C]#COC(C)=O. The van der Waals surface area contributed by atoms with Crippen LogP contribution in [0.3, 0.4) is 0 Å². The molecule has 0 N–H and O–H groups in total. The summed E-state index contributed by atoms with van der Waals surface area (Å²) in [6, 6.07) is 0. The molecule has 0 saturated heterocycles. The average Bonchev–Trinajstić information content (AvgIpc) is 1.35. The maximum atomic E-state index is 9.64. The van der Waals surface area contributed by atoms with Crippen LogP contribution in [-0.4, -0.2) is 5.97 Å². The molecule has 0 rings (SSSR count). The number of hydrogen-bond donors (Lipinski definition) is 0. The molecule has 1 radical (unpaired) electrons. The Balaban J connectivity index is 3.13. The van der Waals surface area contributed by atoms with Crippen molar-refractivity contribution in [2.45, 2.75) is 6.92 Å². The maximum absolute atomic E-state index is 9.64. The van der Waals surface area contributed by atoms with E-state index < -0.39 is 5.97 Å². The predicted molar refractivity (Wildman–Crippen MR) is 18.9 cm³/mol. The van der Waals surface area contributed by atoms with Crippen molar-refractivity contribution in [3.8, 4) is 6.11 Å². The Bertz CT molecular complexity index is 88.2. The summed E-state index contributed by atoms with van der Waals surface area (Å²) in [6.07, 6.45) is 7.51. The van der Waals surface area contributed by atoms with Crippen molar-refractivity contribution in [2.75, 3.05) is 0 Å². The van der Waals surface area contributed by atoms with Gasteiger partial charge in [0.15, 0.2) is 0 Å². The first-order chi connectivity index (χ1) is 2.77. The third kappa shape index (κ3) is 3.03. The van der Waals surface area contributed by atoms with Crippen LogP contribution in [0.4, 0.5) is 0 Å². The molecule has 2 nitrogen and oxygen atoms in total. The first kappa shape index (κ1) is 5.03. The van der Waals surface area contributed by atoms with E-state index in [1.807, 2.05) is 0 Å². The molecule has 0 aliphatic carbocycles. The highest BCUT2D eigenvalue weighted by atomic mass is 16.5. The van der Waals surface area contributed by atoms with Gasteiger partial charge < -0.3 is 4.74 Å². The van der Waals surface area contributed by atoms with Gasteiger partial charge in [-0.15, -0.1) is 0 Å². The molecule has 0 heterocycles. The normalized spacial score (nSPS) is 6.00. The highest BCUT2D eigenvalue weighted by molar-refractivity contribution is 5.66. The Morgan fingerprint density at radius 3 is 2.50 bits per heavy atom. The third-order valence-corrected chi connectivity index (χ3v) is 0.195. The Morgan fingerprint density at radius 2 is 2.50 bits per heavy atom. The lowest BCUT2D eigenvalue weighted by molar-refractivity contribution is -0.134. The molecule has 0 aromatic rings. The van der Waals surface area contributed by atoms with Gasteiger partial charge in [0.05, 0.1) is 0 Å². The molecule has 0 aromatic heterocycles. The first-order valence-corrected chi connectivity index (χ1v) is 1.36. The number of esters is 1. The average molecular weight is 83.1 g/mol. The first-order valence-electron chi connectivity index (χ1n) is 1.36. The third-order valence-electron chi connectivity index (χ3n) is 0.195. The molecule has 31 valence electrons. The number of carbonyl (C=O) groups is 1. The van der Waals surface area contributed by atoms with Gasteiger partial charge in [-0.25, -0.2) is 0 Å². The summed E-state index contributed by atoms with van der Waals surface area (Å²) < 4.78 is 3.82. The molecule has 0 fully saturated rings. The van der Waals surface area contributed by atoms with E-state index in [1.165, 1.54) is 13.0 Å². The van der Waals surface area contributed by atoms with Crippen molar-refractivity contribution < 1.29 is 9.53 Å². The molecule has 0 saturated carbocycles. The minimum absolute atomic E-state index is 0.509. The molecular formula is C4H3O2. The van der Waals surface area contributed by atoms with E-state index in [0.29, 0.717) is 0 Å². The molecule has 6 heavy (non-hydrogen) atoms. The zero-order valence-corrected chi connectivity index (χ0v) is 3.32. The lowest BCUT2D eigenvalue weighted by Crippen LogP contribution is -1.88. The molecule has 0 aromatic carbocycles. The fourth-order valence-electron chi connectivity index (χ4n) is 0.0719. The van der Waals surface area contributed by atoms with E-state index in [4.69, 9.17) is 6.42 Å². The zero-order chi connectivity index (χ0) is 4.99. The minimum Gasteiger partial charge on any atom is -0.371 e. The van der Waals surface area contributed by atoms with E-state index in [0.717, 1.165) is 0 Å². The Morgan fingerprint density at radius 1 is 2.00 bits per heavy atom. The van der Waals surface area contributed by atoms with Crippen molar-refractivity contribution in [2.24, 2.45) is 0 Å². The molecule has 0 aliphatic rings. The summed E-state index contributed by atoms with van der Waals surface area (Å²) in [5, 5.41) is 0. The van der Waals surface area contributed by atoms with E-state index in [2.05, 4.69) is 4.74 Å². The largest absolute Gasteiger partial charge is 0.371 e. The number of carbonyl (C=O) groups excluding carboxylic acids is 1.